The fourth-order valence-corrected chi connectivity index (χ4v) is 3.14. The SMILES string of the molecule is CN=CN(CC#Cc1nccn1C)Cc1ccc(-c2nc(C(F)(F)F)cn2C(C)C)cc1. The minimum absolute atomic E-state index is 0.151. The van der Waals surface area contributed by atoms with Crippen LogP contribution in [0.2, 0.25) is 0 Å². The van der Waals surface area contributed by atoms with Crippen molar-refractivity contribution in [1.82, 2.24) is 24.0 Å². The van der Waals surface area contributed by atoms with Gasteiger partial charge in [0.1, 0.15) is 5.82 Å². The molecule has 0 amide bonds. The average Bonchev–Trinajstić information content (AvgIpc) is 3.35. The normalized spacial score (nSPS) is 11.8. The summed E-state index contributed by atoms with van der Waals surface area (Å²) >= 11 is 0. The average molecular weight is 442 g/mol. The molecule has 32 heavy (non-hydrogen) atoms. The number of hydrogen-bond donors (Lipinski definition) is 0. The van der Waals surface area contributed by atoms with Crippen LogP contribution in [-0.4, -0.2) is 43.9 Å². The highest BCUT2D eigenvalue weighted by Crippen LogP contribution is 2.32. The van der Waals surface area contributed by atoms with E-state index >= 15 is 0 Å². The van der Waals surface area contributed by atoms with Gasteiger partial charge in [0.2, 0.25) is 0 Å². The van der Waals surface area contributed by atoms with Crippen molar-refractivity contribution < 1.29 is 13.2 Å². The molecule has 9 heteroatoms. The van der Waals surface area contributed by atoms with E-state index in [4.69, 9.17) is 0 Å². The van der Waals surface area contributed by atoms with E-state index in [1.54, 1.807) is 36.3 Å². The summed E-state index contributed by atoms with van der Waals surface area (Å²) in [5, 5.41) is 0. The zero-order valence-corrected chi connectivity index (χ0v) is 18.4. The van der Waals surface area contributed by atoms with Gasteiger partial charge in [0, 0.05) is 50.8 Å². The van der Waals surface area contributed by atoms with Crippen LogP contribution in [0.3, 0.4) is 0 Å². The molecule has 0 saturated heterocycles. The second-order valence-corrected chi connectivity index (χ2v) is 7.59. The van der Waals surface area contributed by atoms with E-state index < -0.39 is 11.9 Å². The van der Waals surface area contributed by atoms with E-state index in [-0.39, 0.29) is 6.04 Å². The Hall–Kier alpha value is -3.54. The molecule has 0 atom stereocenters. The Morgan fingerprint density at radius 2 is 1.94 bits per heavy atom. The maximum Gasteiger partial charge on any atom is 0.434 e. The lowest BCUT2D eigenvalue weighted by Crippen LogP contribution is -2.21. The van der Waals surface area contributed by atoms with Crippen molar-refractivity contribution in [1.29, 1.82) is 0 Å². The number of imidazole rings is 2. The maximum atomic E-state index is 13.1. The third kappa shape index (κ3) is 5.58. The predicted octanol–water partition coefficient (Wildman–Crippen LogP) is 4.40. The zero-order valence-electron chi connectivity index (χ0n) is 18.4. The molecule has 0 aliphatic rings. The van der Waals surface area contributed by atoms with Gasteiger partial charge in [0.05, 0.1) is 12.9 Å². The molecule has 0 radical (unpaired) electrons. The maximum absolute atomic E-state index is 13.1. The summed E-state index contributed by atoms with van der Waals surface area (Å²) in [6, 6.07) is 7.19. The van der Waals surface area contributed by atoms with Crippen LogP contribution in [0.25, 0.3) is 11.4 Å². The Morgan fingerprint density at radius 3 is 2.50 bits per heavy atom. The quantitative estimate of drug-likeness (QED) is 0.323. The predicted molar refractivity (Wildman–Crippen MR) is 118 cm³/mol. The highest BCUT2D eigenvalue weighted by atomic mass is 19.4. The van der Waals surface area contributed by atoms with Gasteiger partial charge in [-0.2, -0.15) is 13.2 Å². The highest BCUT2D eigenvalue weighted by Gasteiger charge is 2.35. The Bertz CT molecular complexity index is 1130. The fraction of sp³-hybridized carbons (Fsp3) is 0.348. The molecular weight excluding hydrogens is 417 g/mol. The van der Waals surface area contributed by atoms with Gasteiger partial charge < -0.3 is 14.0 Å². The molecule has 0 saturated carbocycles. The van der Waals surface area contributed by atoms with Crippen LogP contribution in [0.5, 0.6) is 0 Å². The number of nitrogens with zero attached hydrogens (tertiary/aromatic N) is 6. The van der Waals surface area contributed by atoms with Crippen molar-refractivity contribution in [2.24, 2.45) is 12.0 Å². The molecule has 0 N–H and O–H groups in total. The van der Waals surface area contributed by atoms with Gasteiger partial charge >= 0.3 is 6.18 Å². The van der Waals surface area contributed by atoms with Crippen molar-refractivity contribution in [3.05, 3.63) is 59.9 Å². The lowest BCUT2D eigenvalue weighted by molar-refractivity contribution is -0.140. The van der Waals surface area contributed by atoms with Crippen LogP contribution in [0.4, 0.5) is 13.2 Å². The number of hydrogen-bond acceptors (Lipinski definition) is 3. The molecule has 3 aromatic rings. The van der Waals surface area contributed by atoms with Gasteiger partial charge in [0.25, 0.3) is 0 Å². The Labute approximate surface area is 185 Å². The topological polar surface area (TPSA) is 51.2 Å². The van der Waals surface area contributed by atoms with Gasteiger partial charge in [-0.15, -0.1) is 0 Å². The van der Waals surface area contributed by atoms with Crippen molar-refractivity contribution in [2.75, 3.05) is 13.6 Å². The smallest absolute Gasteiger partial charge is 0.347 e. The number of aliphatic imine (C=N–C) groups is 1. The summed E-state index contributed by atoms with van der Waals surface area (Å²) in [5.41, 5.74) is 0.719. The molecule has 0 unspecified atom stereocenters. The second kappa shape index (κ2) is 9.73. The van der Waals surface area contributed by atoms with Crippen molar-refractivity contribution in [2.45, 2.75) is 32.6 Å². The highest BCUT2D eigenvalue weighted by molar-refractivity contribution is 5.58. The van der Waals surface area contributed by atoms with E-state index in [0.717, 1.165) is 11.8 Å². The Balaban J connectivity index is 1.77. The third-order valence-corrected chi connectivity index (χ3v) is 4.76. The first-order valence-corrected chi connectivity index (χ1v) is 10.1. The fourth-order valence-electron chi connectivity index (χ4n) is 3.14. The first-order chi connectivity index (χ1) is 15.2. The summed E-state index contributed by atoms with van der Waals surface area (Å²) < 4.78 is 42.8. The van der Waals surface area contributed by atoms with Gasteiger partial charge in [-0.05, 0) is 25.3 Å². The minimum atomic E-state index is -4.48. The monoisotopic (exact) mass is 442 g/mol. The molecule has 0 aliphatic heterocycles. The van der Waals surface area contributed by atoms with Gasteiger partial charge in [-0.3, -0.25) is 4.99 Å². The second-order valence-electron chi connectivity index (χ2n) is 7.59. The Kier molecular flexibility index (Phi) is 7.03. The molecule has 0 spiro atoms. The molecule has 2 aromatic heterocycles. The summed E-state index contributed by atoms with van der Waals surface area (Å²) in [4.78, 5) is 14.0. The molecule has 0 bridgehead atoms. The van der Waals surface area contributed by atoms with Crippen molar-refractivity contribution in [3.8, 4) is 23.2 Å². The van der Waals surface area contributed by atoms with E-state index in [1.165, 1.54) is 0 Å². The van der Waals surface area contributed by atoms with Crippen LogP contribution in [-0.2, 0) is 19.8 Å². The lowest BCUT2D eigenvalue weighted by atomic mass is 10.1. The van der Waals surface area contributed by atoms with Crippen molar-refractivity contribution >= 4 is 6.34 Å². The number of aryl methyl sites for hydroxylation is 1. The first-order valence-electron chi connectivity index (χ1n) is 10.1. The lowest BCUT2D eigenvalue weighted by Gasteiger charge is -2.17. The standard InChI is InChI=1S/C23H25F3N6/c1-17(2)32-15-20(23(24,25)26)29-22(32)19-9-7-18(8-10-19)14-31(16-27-3)12-5-6-21-28-11-13-30(21)4/h7-11,13,15-17H,12,14H2,1-4H3. The minimum Gasteiger partial charge on any atom is -0.347 e. The molecule has 6 nitrogen and oxygen atoms in total. The number of aromatic nitrogens is 4. The van der Waals surface area contributed by atoms with Crippen LogP contribution < -0.4 is 0 Å². The van der Waals surface area contributed by atoms with Gasteiger partial charge in [-0.25, -0.2) is 9.97 Å². The molecule has 1 aromatic carbocycles. The molecule has 0 fully saturated rings. The molecule has 2 heterocycles. The van der Waals surface area contributed by atoms with Crippen LogP contribution >= 0.6 is 0 Å². The number of alkyl halides is 3. The summed E-state index contributed by atoms with van der Waals surface area (Å²) in [7, 11) is 3.57. The molecule has 168 valence electrons. The summed E-state index contributed by atoms with van der Waals surface area (Å²) in [6.07, 6.45) is 1.82. The molecular formula is C23H25F3N6. The number of halogens is 3. The van der Waals surface area contributed by atoms with E-state index in [2.05, 4.69) is 26.8 Å². The van der Waals surface area contributed by atoms with Crippen LogP contribution in [0.1, 0.15) is 37.0 Å². The largest absolute Gasteiger partial charge is 0.434 e. The molecule has 0 aliphatic carbocycles. The number of benzene rings is 1. The van der Waals surface area contributed by atoms with E-state index in [0.29, 0.717) is 30.3 Å². The summed E-state index contributed by atoms with van der Waals surface area (Å²) in [5.74, 6) is 7.09. The van der Waals surface area contributed by atoms with E-state index in [1.807, 2.05) is 48.7 Å². The van der Waals surface area contributed by atoms with Crippen LogP contribution in [0.15, 0.2) is 47.8 Å². The molecule has 3 rings (SSSR count). The Morgan fingerprint density at radius 1 is 1.22 bits per heavy atom. The summed E-state index contributed by atoms with van der Waals surface area (Å²) in [6.45, 7) is 4.67. The zero-order chi connectivity index (χ0) is 23.3. The van der Waals surface area contributed by atoms with Crippen molar-refractivity contribution in [3.63, 3.8) is 0 Å². The van der Waals surface area contributed by atoms with Gasteiger partial charge in [-0.1, -0.05) is 30.2 Å². The number of rotatable bonds is 6. The van der Waals surface area contributed by atoms with E-state index in [9.17, 15) is 13.2 Å². The first kappa shape index (κ1) is 23.1. The van der Waals surface area contributed by atoms with Gasteiger partial charge in [0.15, 0.2) is 11.5 Å². The van der Waals surface area contributed by atoms with Crippen LogP contribution in [0, 0.1) is 11.8 Å². The third-order valence-electron chi connectivity index (χ3n) is 4.76.